The Kier molecular flexibility index (Phi) is 6.76. The van der Waals surface area contributed by atoms with E-state index in [4.69, 9.17) is 4.74 Å². The van der Waals surface area contributed by atoms with E-state index in [9.17, 15) is 0 Å². The number of nitrogens with zero attached hydrogens (tertiary/aromatic N) is 1. The predicted molar refractivity (Wildman–Crippen MR) is 78.3 cm³/mol. The lowest BCUT2D eigenvalue weighted by Crippen LogP contribution is -2.23. The summed E-state index contributed by atoms with van der Waals surface area (Å²) in [7, 11) is 3.89. The first kappa shape index (κ1) is 15.0. The maximum absolute atomic E-state index is 5.05. The fourth-order valence-corrected chi connectivity index (χ4v) is 2.08. The van der Waals surface area contributed by atoms with Gasteiger partial charge in [0, 0.05) is 39.5 Å². The molecule has 0 aliphatic carbocycles. The van der Waals surface area contributed by atoms with E-state index in [1.807, 2.05) is 0 Å². The van der Waals surface area contributed by atoms with E-state index in [1.54, 1.807) is 7.11 Å². The third-order valence-corrected chi connectivity index (χ3v) is 3.00. The average Bonchev–Trinajstić information content (AvgIpc) is 2.35. The van der Waals surface area contributed by atoms with Gasteiger partial charge in [-0.1, -0.05) is 24.6 Å². The Bertz CT molecular complexity index is 352. The molecule has 3 heteroatoms. The maximum atomic E-state index is 5.05. The molecular formula is C15H26N2O. The van der Waals surface area contributed by atoms with Gasteiger partial charge in [-0.25, -0.2) is 0 Å². The van der Waals surface area contributed by atoms with E-state index in [-0.39, 0.29) is 0 Å². The van der Waals surface area contributed by atoms with E-state index in [0.29, 0.717) is 0 Å². The number of ether oxygens (including phenoxy) is 1. The van der Waals surface area contributed by atoms with Crippen LogP contribution in [0.3, 0.4) is 0 Å². The molecule has 0 atom stereocenters. The first-order valence-corrected chi connectivity index (χ1v) is 6.69. The molecule has 18 heavy (non-hydrogen) atoms. The molecule has 0 radical (unpaired) electrons. The molecule has 1 aromatic carbocycles. The van der Waals surface area contributed by atoms with Gasteiger partial charge < -0.3 is 15.0 Å². The Morgan fingerprint density at radius 3 is 2.78 bits per heavy atom. The molecular weight excluding hydrogens is 224 g/mol. The van der Waals surface area contributed by atoms with E-state index in [2.05, 4.69) is 49.3 Å². The highest BCUT2D eigenvalue weighted by atomic mass is 16.5. The quantitative estimate of drug-likeness (QED) is 0.718. The van der Waals surface area contributed by atoms with Crippen molar-refractivity contribution >= 4 is 5.69 Å². The van der Waals surface area contributed by atoms with Crippen molar-refractivity contribution in [3.8, 4) is 0 Å². The Morgan fingerprint density at radius 2 is 2.11 bits per heavy atom. The van der Waals surface area contributed by atoms with E-state index < -0.39 is 0 Å². The molecule has 0 aliphatic heterocycles. The topological polar surface area (TPSA) is 24.5 Å². The van der Waals surface area contributed by atoms with E-state index in [1.165, 1.54) is 23.2 Å². The monoisotopic (exact) mass is 250 g/mol. The lowest BCUT2D eigenvalue weighted by Gasteiger charge is -2.22. The number of aryl methyl sites for hydroxylation is 1. The number of benzene rings is 1. The van der Waals surface area contributed by atoms with Crippen LogP contribution in [0, 0.1) is 6.92 Å². The van der Waals surface area contributed by atoms with Gasteiger partial charge in [0.2, 0.25) is 0 Å². The predicted octanol–water partition coefficient (Wildman–Crippen LogP) is 2.58. The van der Waals surface area contributed by atoms with Crippen LogP contribution >= 0.6 is 0 Å². The zero-order valence-electron chi connectivity index (χ0n) is 12.1. The summed E-state index contributed by atoms with van der Waals surface area (Å²) in [5.41, 5.74) is 4.00. The van der Waals surface area contributed by atoms with Crippen molar-refractivity contribution in [3.63, 3.8) is 0 Å². The van der Waals surface area contributed by atoms with Crippen LogP contribution in [-0.2, 0) is 11.3 Å². The van der Waals surface area contributed by atoms with Gasteiger partial charge in [0.25, 0.3) is 0 Å². The number of methoxy groups -OCH3 is 1. The van der Waals surface area contributed by atoms with E-state index in [0.717, 1.165) is 26.2 Å². The molecule has 1 rings (SSSR count). The molecule has 0 amide bonds. The third-order valence-electron chi connectivity index (χ3n) is 3.00. The van der Waals surface area contributed by atoms with Gasteiger partial charge in [-0.05, 0) is 25.0 Å². The van der Waals surface area contributed by atoms with Crippen LogP contribution in [0.25, 0.3) is 0 Å². The second kappa shape index (κ2) is 8.11. The summed E-state index contributed by atoms with van der Waals surface area (Å²) in [4.78, 5) is 2.33. The van der Waals surface area contributed by atoms with Gasteiger partial charge in [0.1, 0.15) is 0 Å². The molecule has 0 bridgehead atoms. The minimum Gasteiger partial charge on any atom is -0.383 e. The molecule has 102 valence electrons. The highest BCUT2D eigenvalue weighted by Crippen LogP contribution is 2.21. The second-order valence-corrected chi connectivity index (χ2v) is 4.72. The zero-order valence-corrected chi connectivity index (χ0v) is 12.1. The molecule has 1 N–H and O–H groups in total. The smallest absolute Gasteiger partial charge is 0.0587 e. The molecule has 0 aromatic heterocycles. The lowest BCUT2D eigenvalue weighted by molar-refractivity contribution is 0.199. The van der Waals surface area contributed by atoms with Gasteiger partial charge in [0.05, 0.1) is 6.61 Å². The van der Waals surface area contributed by atoms with Crippen molar-refractivity contribution < 1.29 is 4.74 Å². The zero-order chi connectivity index (χ0) is 13.4. The number of nitrogens with one attached hydrogen (secondary N) is 1. The Morgan fingerprint density at radius 1 is 1.33 bits per heavy atom. The molecule has 3 nitrogen and oxygen atoms in total. The highest BCUT2D eigenvalue weighted by molar-refractivity contribution is 5.54. The molecule has 1 aromatic rings. The largest absolute Gasteiger partial charge is 0.383 e. The molecule has 0 aliphatic rings. The van der Waals surface area contributed by atoms with Crippen molar-refractivity contribution in [1.82, 2.24) is 5.32 Å². The molecule has 0 spiro atoms. The minimum absolute atomic E-state index is 0.756. The van der Waals surface area contributed by atoms with Crippen molar-refractivity contribution in [1.29, 1.82) is 0 Å². The molecule has 0 heterocycles. The van der Waals surface area contributed by atoms with E-state index >= 15 is 0 Å². The normalized spacial score (nSPS) is 10.7. The van der Waals surface area contributed by atoms with Crippen molar-refractivity contribution in [2.75, 3.05) is 38.8 Å². The molecule has 0 saturated heterocycles. The van der Waals surface area contributed by atoms with Crippen molar-refractivity contribution in [2.45, 2.75) is 26.8 Å². The SMILES string of the molecule is CCCN(C)c1ccc(C)cc1CNCCOC. The maximum Gasteiger partial charge on any atom is 0.0587 e. The van der Waals surface area contributed by atoms with Crippen LogP contribution in [0.4, 0.5) is 5.69 Å². The third kappa shape index (κ3) is 4.67. The second-order valence-electron chi connectivity index (χ2n) is 4.72. The lowest BCUT2D eigenvalue weighted by atomic mass is 10.1. The number of anilines is 1. The van der Waals surface area contributed by atoms with Crippen LogP contribution in [0.15, 0.2) is 18.2 Å². The molecule has 0 saturated carbocycles. The van der Waals surface area contributed by atoms with Crippen LogP contribution < -0.4 is 10.2 Å². The Hall–Kier alpha value is -1.06. The summed E-state index contributed by atoms with van der Waals surface area (Å²) in [6.45, 7) is 7.99. The van der Waals surface area contributed by atoms with Crippen LogP contribution in [0.5, 0.6) is 0 Å². The summed E-state index contributed by atoms with van der Waals surface area (Å²) in [6, 6.07) is 6.67. The van der Waals surface area contributed by atoms with Gasteiger partial charge in [-0.15, -0.1) is 0 Å². The van der Waals surface area contributed by atoms with Crippen molar-refractivity contribution in [2.24, 2.45) is 0 Å². The molecule has 0 unspecified atom stereocenters. The van der Waals surface area contributed by atoms with Gasteiger partial charge in [-0.2, -0.15) is 0 Å². The van der Waals surface area contributed by atoms with Gasteiger partial charge in [0.15, 0.2) is 0 Å². The van der Waals surface area contributed by atoms with Gasteiger partial charge in [-0.3, -0.25) is 0 Å². The van der Waals surface area contributed by atoms with Crippen LogP contribution in [-0.4, -0.2) is 33.9 Å². The molecule has 0 fully saturated rings. The summed E-state index contributed by atoms with van der Waals surface area (Å²) >= 11 is 0. The first-order chi connectivity index (χ1) is 8.69. The summed E-state index contributed by atoms with van der Waals surface area (Å²) in [5.74, 6) is 0. The number of rotatable bonds is 8. The summed E-state index contributed by atoms with van der Waals surface area (Å²) in [5, 5.41) is 3.42. The fourth-order valence-electron chi connectivity index (χ4n) is 2.08. The summed E-state index contributed by atoms with van der Waals surface area (Å²) in [6.07, 6.45) is 1.17. The van der Waals surface area contributed by atoms with Crippen LogP contribution in [0.2, 0.25) is 0 Å². The standard InChI is InChI=1S/C15H26N2O/c1-5-9-17(3)15-7-6-13(2)11-14(15)12-16-8-10-18-4/h6-7,11,16H,5,8-10,12H2,1-4H3. The minimum atomic E-state index is 0.756. The number of hydrogen-bond donors (Lipinski definition) is 1. The van der Waals surface area contributed by atoms with Crippen molar-refractivity contribution in [3.05, 3.63) is 29.3 Å². The van der Waals surface area contributed by atoms with Gasteiger partial charge >= 0.3 is 0 Å². The summed E-state index contributed by atoms with van der Waals surface area (Å²) < 4.78 is 5.05. The fraction of sp³-hybridized carbons (Fsp3) is 0.600. The first-order valence-electron chi connectivity index (χ1n) is 6.69. The Labute approximate surface area is 111 Å². The number of hydrogen-bond acceptors (Lipinski definition) is 3. The Balaban J connectivity index is 2.70. The highest BCUT2D eigenvalue weighted by Gasteiger charge is 2.06. The van der Waals surface area contributed by atoms with Crippen LogP contribution in [0.1, 0.15) is 24.5 Å². The average molecular weight is 250 g/mol.